The van der Waals surface area contributed by atoms with E-state index < -0.39 is 6.10 Å². The molecule has 1 amide bonds. The van der Waals surface area contributed by atoms with Gasteiger partial charge in [-0.15, -0.1) is 0 Å². The van der Waals surface area contributed by atoms with Crippen molar-refractivity contribution in [3.05, 3.63) is 30.3 Å². The average Bonchev–Trinajstić information content (AvgIpc) is 2.30. The Kier molecular flexibility index (Phi) is 5.20. The van der Waals surface area contributed by atoms with Gasteiger partial charge in [-0.25, -0.2) is 0 Å². The number of ether oxygens (including phenoxy) is 1. The Morgan fingerprint density at radius 3 is 2.53 bits per heavy atom. The van der Waals surface area contributed by atoms with Crippen LogP contribution in [0.2, 0.25) is 0 Å². The van der Waals surface area contributed by atoms with E-state index in [1.165, 1.54) is 0 Å². The number of benzene rings is 1. The van der Waals surface area contributed by atoms with Gasteiger partial charge < -0.3 is 10.1 Å². The van der Waals surface area contributed by atoms with E-state index in [0.29, 0.717) is 18.5 Å². The monoisotopic (exact) mass is 235 g/mol. The minimum Gasteiger partial charge on any atom is -0.453 e. The zero-order valence-electron chi connectivity index (χ0n) is 10.1. The molecule has 0 bridgehead atoms. The molecular weight excluding hydrogens is 218 g/mol. The summed E-state index contributed by atoms with van der Waals surface area (Å²) in [7, 11) is 0. The maximum absolute atomic E-state index is 11.7. The van der Waals surface area contributed by atoms with E-state index in [-0.39, 0.29) is 11.9 Å². The molecule has 1 rings (SSSR count). The van der Waals surface area contributed by atoms with E-state index in [2.05, 4.69) is 5.32 Å². The lowest BCUT2D eigenvalue weighted by Gasteiger charge is -2.13. The molecule has 1 aromatic rings. The number of nitrogens with one attached hydrogen (secondary N) is 1. The predicted molar refractivity (Wildman–Crippen MR) is 65.5 cm³/mol. The Hall–Kier alpha value is -1.84. The molecule has 0 heterocycles. The van der Waals surface area contributed by atoms with E-state index in [1.807, 2.05) is 25.1 Å². The molecule has 4 heteroatoms. The van der Waals surface area contributed by atoms with Crippen LogP contribution in [0, 0.1) is 0 Å². The van der Waals surface area contributed by atoms with Crippen LogP contribution in [-0.2, 0) is 14.3 Å². The van der Waals surface area contributed by atoms with Crippen LogP contribution in [0.25, 0.3) is 0 Å². The van der Waals surface area contributed by atoms with Gasteiger partial charge in [0.15, 0.2) is 6.10 Å². The number of hydrogen-bond donors (Lipinski definition) is 1. The summed E-state index contributed by atoms with van der Waals surface area (Å²) in [5.74, 6) is -0.663. The number of esters is 1. The van der Waals surface area contributed by atoms with Gasteiger partial charge in [-0.05, 0) is 25.5 Å². The number of carbonyl (C=O) groups is 2. The first-order valence-electron chi connectivity index (χ1n) is 5.69. The molecule has 4 nitrogen and oxygen atoms in total. The molecule has 17 heavy (non-hydrogen) atoms. The van der Waals surface area contributed by atoms with Gasteiger partial charge in [0.2, 0.25) is 0 Å². The lowest BCUT2D eigenvalue weighted by Crippen LogP contribution is -2.29. The first kappa shape index (κ1) is 13.2. The Bertz CT molecular complexity index is 376. The smallest absolute Gasteiger partial charge is 0.306 e. The molecule has 0 aliphatic heterocycles. The Labute approximate surface area is 101 Å². The summed E-state index contributed by atoms with van der Waals surface area (Å²) in [5, 5.41) is 2.67. The summed E-state index contributed by atoms with van der Waals surface area (Å²) in [5.41, 5.74) is 0.691. The van der Waals surface area contributed by atoms with Gasteiger partial charge in [-0.1, -0.05) is 25.1 Å². The zero-order valence-corrected chi connectivity index (χ0v) is 10.1. The molecule has 0 fully saturated rings. The van der Waals surface area contributed by atoms with Crippen molar-refractivity contribution < 1.29 is 14.3 Å². The third-order valence-electron chi connectivity index (χ3n) is 2.17. The number of rotatable bonds is 5. The summed E-state index contributed by atoms with van der Waals surface area (Å²) in [4.78, 5) is 22.9. The molecule has 0 saturated carbocycles. The largest absolute Gasteiger partial charge is 0.453 e. The molecular formula is C13H17NO3. The van der Waals surface area contributed by atoms with Crippen molar-refractivity contribution in [2.24, 2.45) is 0 Å². The van der Waals surface area contributed by atoms with Gasteiger partial charge in [0.1, 0.15) is 0 Å². The molecule has 0 aromatic heterocycles. The number of anilines is 1. The predicted octanol–water partition coefficient (Wildman–Crippen LogP) is 2.36. The minimum absolute atomic E-state index is 0.319. The molecule has 92 valence electrons. The summed E-state index contributed by atoms with van der Waals surface area (Å²) < 4.78 is 4.97. The van der Waals surface area contributed by atoms with Gasteiger partial charge in [-0.3, -0.25) is 9.59 Å². The van der Waals surface area contributed by atoms with Crippen LogP contribution in [0.3, 0.4) is 0 Å². The highest BCUT2D eigenvalue weighted by atomic mass is 16.5. The van der Waals surface area contributed by atoms with Gasteiger partial charge in [-0.2, -0.15) is 0 Å². The Morgan fingerprint density at radius 1 is 1.29 bits per heavy atom. The molecule has 1 atom stereocenters. The minimum atomic E-state index is -0.769. The van der Waals surface area contributed by atoms with Crippen molar-refractivity contribution in [3.63, 3.8) is 0 Å². The van der Waals surface area contributed by atoms with Crippen molar-refractivity contribution in [2.45, 2.75) is 32.8 Å². The van der Waals surface area contributed by atoms with Crippen molar-refractivity contribution in [2.75, 3.05) is 5.32 Å². The second kappa shape index (κ2) is 6.68. The normalized spacial score (nSPS) is 11.6. The summed E-state index contributed by atoms with van der Waals surface area (Å²) in [6.45, 7) is 3.45. The molecule has 1 aromatic carbocycles. The van der Waals surface area contributed by atoms with E-state index in [1.54, 1.807) is 19.1 Å². The topological polar surface area (TPSA) is 55.4 Å². The standard InChI is InChI=1S/C13H17NO3/c1-3-7-12(15)17-10(2)13(16)14-11-8-5-4-6-9-11/h4-6,8-10H,3,7H2,1-2H3,(H,14,16). The Balaban J connectivity index is 2.45. The lowest BCUT2D eigenvalue weighted by atomic mass is 10.3. The SMILES string of the molecule is CCCC(=O)OC(C)C(=O)Nc1ccccc1. The van der Waals surface area contributed by atoms with Crippen LogP contribution in [0.4, 0.5) is 5.69 Å². The van der Waals surface area contributed by atoms with Crippen LogP contribution in [0.5, 0.6) is 0 Å². The van der Waals surface area contributed by atoms with Gasteiger partial charge in [0.25, 0.3) is 5.91 Å². The Morgan fingerprint density at radius 2 is 1.94 bits per heavy atom. The average molecular weight is 235 g/mol. The summed E-state index contributed by atoms with van der Waals surface area (Å²) in [6, 6.07) is 9.06. The van der Waals surface area contributed by atoms with Gasteiger partial charge in [0.05, 0.1) is 0 Å². The van der Waals surface area contributed by atoms with Crippen LogP contribution in [0.1, 0.15) is 26.7 Å². The van der Waals surface area contributed by atoms with Crippen LogP contribution < -0.4 is 5.32 Å². The molecule has 1 N–H and O–H groups in total. The van der Waals surface area contributed by atoms with Gasteiger partial charge in [0, 0.05) is 12.1 Å². The van der Waals surface area contributed by atoms with Crippen molar-refractivity contribution >= 4 is 17.6 Å². The molecule has 0 aliphatic carbocycles. The second-order valence-corrected chi connectivity index (χ2v) is 3.74. The van der Waals surface area contributed by atoms with E-state index in [4.69, 9.17) is 4.74 Å². The fraction of sp³-hybridized carbons (Fsp3) is 0.385. The van der Waals surface area contributed by atoms with Crippen molar-refractivity contribution in [1.82, 2.24) is 0 Å². The molecule has 1 unspecified atom stereocenters. The maximum Gasteiger partial charge on any atom is 0.306 e. The third-order valence-corrected chi connectivity index (χ3v) is 2.17. The molecule has 0 aliphatic rings. The van der Waals surface area contributed by atoms with Gasteiger partial charge >= 0.3 is 5.97 Å². The molecule has 0 saturated heterocycles. The van der Waals surface area contributed by atoms with E-state index in [9.17, 15) is 9.59 Å². The number of carbonyl (C=O) groups excluding carboxylic acids is 2. The first-order valence-corrected chi connectivity index (χ1v) is 5.69. The highest BCUT2D eigenvalue weighted by Gasteiger charge is 2.16. The fourth-order valence-electron chi connectivity index (χ4n) is 1.28. The van der Waals surface area contributed by atoms with E-state index >= 15 is 0 Å². The quantitative estimate of drug-likeness (QED) is 0.797. The zero-order chi connectivity index (χ0) is 12.7. The van der Waals surface area contributed by atoms with Crippen LogP contribution >= 0.6 is 0 Å². The summed E-state index contributed by atoms with van der Waals surface area (Å²) in [6.07, 6.45) is 0.281. The number of para-hydroxylation sites is 1. The lowest BCUT2D eigenvalue weighted by molar-refractivity contribution is -0.153. The number of amides is 1. The summed E-state index contributed by atoms with van der Waals surface area (Å²) >= 11 is 0. The van der Waals surface area contributed by atoms with E-state index in [0.717, 1.165) is 0 Å². The highest BCUT2D eigenvalue weighted by molar-refractivity contribution is 5.94. The second-order valence-electron chi connectivity index (χ2n) is 3.74. The van der Waals surface area contributed by atoms with Crippen molar-refractivity contribution in [1.29, 1.82) is 0 Å². The maximum atomic E-state index is 11.7. The molecule has 0 radical (unpaired) electrons. The van der Waals surface area contributed by atoms with Crippen LogP contribution in [-0.4, -0.2) is 18.0 Å². The number of hydrogen-bond acceptors (Lipinski definition) is 3. The first-order chi connectivity index (χ1) is 8.13. The third kappa shape index (κ3) is 4.68. The van der Waals surface area contributed by atoms with Crippen LogP contribution in [0.15, 0.2) is 30.3 Å². The van der Waals surface area contributed by atoms with Crippen molar-refractivity contribution in [3.8, 4) is 0 Å². The molecule has 0 spiro atoms. The highest BCUT2D eigenvalue weighted by Crippen LogP contribution is 2.07. The fourth-order valence-corrected chi connectivity index (χ4v) is 1.28.